The molecule has 1 saturated heterocycles. The third-order valence-corrected chi connectivity index (χ3v) is 4.25. The minimum atomic E-state index is -0.350. The molecule has 1 aliphatic rings. The van der Waals surface area contributed by atoms with E-state index in [-0.39, 0.29) is 12.1 Å². The minimum absolute atomic E-state index is 0.217. The summed E-state index contributed by atoms with van der Waals surface area (Å²) in [5.41, 5.74) is 2.18. The summed E-state index contributed by atoms with van der Waals surface area (Å²) in [5.74, 6) is 0.994. The zero-order chi connectivity index (χ0) is 13.9. The van der Waals surface area contributed by atoms with Gasteiger partial charge in [0.1, 0.15) is 5.82 Å². The maximum Gasteiger partial charge on any atom is 0.112 e. The van der Waals surface area contributed by atoms with Crippen molar-refractivity contribution in [3.63, 3.8) is 0 Å². The van der Waals surface area contributed by atoms with Gasteiger partial charge < -0.3 is 15.0 Å². The van der Waals surface area contributed by atoms with Crippen LogP contribution in [-0.4, -0.2) is 33.3 Å². The molecule has 0 bridgehead atoms. The number of fused-ring (bicyclic) bond motifs is 1. The molecule has 3 rings (SSSR count). The van der Waals surface area contributed by atoms with E-state index in [0.29, 0.717) is 6.42 Å². The lowest BCUT2D eigenvalue weighted by Gasteiger charge is -2.27. The third-order valence-electron chi connectivity index (χ3n) is 4.25. The molecule has 1 aromatic heterocycles. The second kappa shape index (κ2) is 5.94. The highest BCUT2D eigenvalue weighted by Crippen LogP contribution is 2.19. The summed E-state index contributed by atoms with van der Waals surface area (Å²) >= 11 is 0. The van der Waals surface area contributed by atoms with Crippen LogP contribution in [0.2, 0.25) is 0 Å². The van der Waals surface area contributed by atoms with E-state index < -0.39 is 0 Å². The molecule has 108 valence electrons. The number of aromatic nitrogens is 2. The van der Waals surface area contributed by atoms with Gasteiger partial charge in [0.15, 0.2) is 0 Å². The molecule has 4 heteroatoms. The number of rotatable bonds is 4. The van der Waals surface area contributed by atoms with Crippen molar-refractivity contribution in [2.24, 2.45) is 0 Å². The van der Waals surface area contributed by atoms with E-state index in [1.165, 1.54) is 12.8 Å². The van der Waals surface area contributed by atoms with Crippen molar-refractivity contribution >= 4 is 11.0 Å². The fourth-order valence-electron chi connectivity index (χ4n) is 3.17. The van der Waals surface area contributed by atoms with Gasteiger partial charge in [-0.15, -0.1) is 0 Å². The summed E-state index contributed by atoms with van der Waals surface area (Å²) in [5, 5.41) is 13.9. The standard InChI is InChI=1S/C16H23N3O/c1-2-19-14-9-4-3-7-12(14)18-16(19)11-15(20)13-8-5-6-10-17-13/h3-4,7,9,13,15,17,20H,2,5-6,8,10-11H2,1H3. The molecule has 0 radical (unpaired) electrons. The second-order valence-electron chi connectivity index (χ2n) is 5.59. The smallest absolute Gasteiger partial charge is 0.112 e. The number of nitrogens with one attached hydrogen (secondary N) is 1. The van der Waals surface area contributed by atoms with Gasteiger partial charge in [-0.25, -0.2) is 4.98 Å². The Labute approximate surface area is 119 Å². The number of benzene rings is 1. The van der Waals surface area contributed by atoms with E-state index in [0.717, 1.165) is 36.4 Å². The van der Waals surface area contributed by atoms with Crippen LogP contribution >= 0.6 is 0 Å². The van der Waals surface area contributed by atoms with E-state index in [1.54, 1.807) is 0 Å². The molecule has 0 aliphatic carbocycles. The van der Waals surface area contributed by atoms with Gasteiger partial charge in [0.25, 0.3) is 0 Å². The molecule has 1 aliphatic heterocycles. The molecule has 2 unspecified atom stereocenters. The van der Waals surface area contributed by atoms with Crippen LogP contribution in [-0.2, 0) is 13.0 Å². The quantitative estimate of drug-likeness (QED) is 0.897. The van der Waals surface area contributed by atoms with Gasteiger partial charge in [-0.2, -0.15) is 0 Å². The number of imidazole rings is 1. The van der Waals surface area contributed by atoms with Crippen molar-refractivity contribution in [1.29, 1.82) is 0 Å². The zero-order valence-electron chi connectivity index (χ0n) is 12.0. The first kappa shape index (κ1) is 13.6. The summed E-state index contributed by atoms with van der Waals surface area (Å²) in [6.45, 7) is 4.04. The molecule has 4 nitrogen and oxygen atoms in total. The number of aryl methyl sites for hydroxylation is 1. The molecule has 0 amide bonds. The Hall–Kier alpha value is -1.39. The Morgan fingerprint density at radius 1 is 1.40 bits per heavy atom. The predicted molar refractivity (Wildman–Crippen MR) is 80.8 cm³/mol. The second-order valence-corrected chi connectivity index (χ2v) is 5.59. The maximum atomic E-state index is 10.5. The molecule has 1 aromatic carbocycles. The van der Waals surface area contributed by atoms with Crippen molar-refractivity contribution in [1.82, 2.24) is 14.9 Å². The average Bonchev–Trinajstić information content (AvgIpc) is 2.85. The van der Waals surface area contributed by atoms with Crippen LogP contribution in [0.25, 0.3) is 11.0 Å². The maximum absolute atomic E-state index is 10.5. The largest absolute Gasteiger partial charge is 0.391 e. The summed E-state index contributed by atoms with van der Waals surface area (Å²) < 4.78 is 2.21. The van der Waals surface area contributed by atoms with Crippen molar-refractivity contribution in [2.75, 3.05) is 6.54 Å². The molecule has 1 fully saturated rings. The van der Waals surface area contributed by atoms with Gasteiger partial charge in [-0.3, -0.25) is 0 Å². The fraction of sp³-hybridized carbons (Fsp3) is 0.562. The number of aliphatic hydroxyl groups is 1. The monoisotopic (exact) mass is 273 g/mol. The number of nitrogens with zero attached hydrogens (tertiary/aromatic N) is 2. The molecule has 0 spiro atoms. The van der Waals surface area contributed by atoms with Crippen LogP contribution in [0.15, 0.2) is 24.3 Å². The molecular weight excluding hydrogens is 250 g/mol. The van der Waals surface area contributed by atoms with Crippen molar-refractivity contribution in [3.8, 4) is 0 Å². The molecule has 2 heterocycles. The Morgan fingerprint density at radius 2 is 2.25 bits per heavy atom. The Kier molecular flexibility index (Phi) is 4.03. The predicted octanol–water partition coefficient (Wildman–Crippen LogP) is 2.10. The van der Waals surface area contributed by atoms with E-state index in [2.05, 4.69) is 22.9 Å². The Balaban J connectivity index is 1.82. The number of hydrogen-bond acceptors (Lipinski definition) is 3. The number of aliphatic hydroxyl groups excluding tert-OH is 1. The highest BCUT2D eigenvalue weighted by Gasteiger charge is 2.23. The molecule has 2 N–H and O–H groups in total. The average molecular weight is 273 g/mol. The summed E-state index contributed by atoms with van der Waals surface area (Å²) in [4.78, 5) is 4.69. The van der Waals surface area contributed by atoms with Gasteiger partial charge in [0.2, 0.25) is 0 Å². The van der Waals surface area contributed by atoms with E-state index >= 15 is 0 Å². The van der Waals surface area contributed by atoms with Gasteiger partial charge in [-0.05, 0) is 38.4 Å². The van der Waals surface area contributed by atoms with Crippen molar-refractivity contribution in [2.45, 2.75) is 51.3 Å². The van der Waals surface area contributed by atoms with E-state index in [4.69, 9.17) is 4.98 Å². The number of hydrogen-bond donors (Lipinski definition) is 2. The lowest BCUT2D eigenvalue weighted by molar-refractivity contribution is 0.110. The van der Waals surface area contributed by atoms with Crippen LogP contribution in [0.4, 0.5) is 0 Å². The van der Waals surface area contributed by atoms with Crippen LogP contribution in [0.1, 0.15) is 32.0 Å². The van der Waals surface area contributed by atoms with Crippen molar-refractivity contribution < 1.29 is 5.11 Å². The molecule has 2 atom stereocenters. The first-order valence-corrected chi connectivity index (χ1v) is 7.65. The number of piperidine rings is 1. The van der Waals surface area contributed by atoms with E-state index in [9.17, 15) is 5.11 Å². The Bertz CT molecular complexity index is 572. The molecule has 20 heavy (non-hydrogen) atoms. The first-order valence-electron chi connectivity index (χ1n) is 7.65. The Morgan fingerprint density at radius 3 is 3.00 bits per heavy atom. The van der Waals surface area contributed by atoms with Gasteiger partial charge in [0.05, 0.1) is 17.1 Å². The summed E-state index contributed by atoms with van der Waals surface area (Å²) in [6, 6.07) is 8.41. The molecular formula is C16H23N3O. The lowest BCUT2D eigenvalue weighted by Crippen LogP contribution is -2.44. The summed E-state index contributed by atoms with van der Waals surface area (Å²) in [7, 11) is 0. The molecule has 2 aromatic rings. The highest BCUT2D eigenvalue weighted by molar-refractivity contribution is 5.75. The van der Waals surface area contributed by atoms with Crippen LogP contribution in [0.5, 0.6) is 0 Å². The normalized spacial score (nSPS) is 21.2. The van der Waals surface area contributed by atoms with E-state index in [1.807, 2.05) is 18.2 Å². The van der Waals surface area contributed by atoms with Gasteiger partial charge in [-0.1, -0.05) is 18.6 Å². The van der Waals surface area contributed by atoms with Crippen LogP contribution in [0, 0.1) is 0 Å². The van der Waals surface area contributed by atoms with Crippen LogP contribution in [0.3, 0.4) is 0 Å². The molecule has 0 saturated carbocycles. The fourth-order valence-corrected chi connectivity index (χ4v) is 3.17. The zero-order valence-corrected chi connectivity index (χ0v) is 12.0. The minimum Gasteiger partial charge on any atom is -0.391 e. The SMILES string of the molecule is CCn1c(CC(O)C2CCCCN2)nc2ccccc21. The van der Waals surface area contributed by atoms with Gasteiger partial charge >= 0.3 is 0 Å². The lowest BCUT2D eigenvalue weighted by atomic mass is 9.98. The van der Waals surface area contributed by atoms with Crippen molar-refractivity contribution in [3.05, 3.63) is 30.1 Å². The van der Waals surface area contributed by atoms with Gasteiger partial charge in [0, 0.05) is 19.0 Å². The highest BCUT2D eigenvalue weighted by atomic mass is 16.3. The summed E-state index contributed by atoms with van der Waals surface area (Å²) in [6.07, 6.45) is 3.76. The third kappa shape index (κ3) is 2.58. The number of para-hydroxylation sites is 2. The van der Waals surface area contributed by atoms with Crippen LogP contribution < -0.4 is 5.32 Å². The first-order chi connectivity index (χ1) is 9.79. The topological polar surface area (TPSA) is 50.1 Å².